The van der Waals surface area contributed by atoms with Crippen LogP contribution in [-0.4, -0.2) is 5.78 Å². The lowest BCUT2D eigenvalue weighted by atomic mass is 10.1. The first kappa shape index (κ1) is 13.1. The number of rotatable bonds is 5. The van der Waals surface area contributed by atoms with Gasteiger partial charge in [0.25, 0.3) is 0 Å². The van der Waals surface area contributed by atoms with Crippen LogP contribution in [-0.2, 0) is 0 Å². The molecule has 0 saturated carbocycles. The number of nitrogens with one attached hydrogen (secondary N) is 1. The van der Waals surface area contributed by atoms with Gasteiger partial charge in [-0.1, -0.05) is 55.5 Å². The van der Waals surface area contributed by atoms with Crippen molar-refractivity contribution >= 4 is 11.5 Å². The van der Waals surface area contributed by atoms with E-state index in [-0.39, 0.29) is 5.78 Å². The van der Waals surface area contributed by atoms with Crippen LogP contribution in [0, 0.1) is 0 Å². The Labute approximate surface area is 113 Å². The lowest BCUT2D eigenvalue weighted by molar-refractivity contribution is 0.104. The Morgan fingerprint density at radius 2 is 1.58 bits per heavy atom. The molecule has 0 unspecified atom stereocenters. The zero-order valence-electron chi connectivity index (χ0n) is 11.0. The molecule has 2 heteroatoms. The molecule has 2 aromatic rings. The maximum absolute atomic E-state index is 12.1. The topological polar surface area (TPSA) is 29.1 Å². The van der Waals surface area contributed by atoms with Gasteiger partial charge in [0.15, 0.2) is 5.78 Å². The standard InChI is InChI=1S/C17H17NO/c1-2-15(18-16-11-7-4-8-12-16)13-17(19)14-9-5-3-6-10-14/h3-13,18H,2H2,1H3/b15-13+. The van der Waals surface area contributed by atoms with Crippen molar-refractivity contribution in [3.63, 3.8) is 0 Å². The molecule has 0 saturated heterocycles. The molecular weight excluding hydrogens is 234 g/mol. The molecule has 0 aliphatic heterocycles. The van der Waals surface area contributed by atoms with Crippen molar-refractivity contribution in [2.75, 3.05) is 5.32 Å². The smallest absolute Gasteiger partial charge is 0.187 e. The second kappa shape index (κ2) is 6.55. The van der Waals surface area contributed by atoms with E-state index in [4.69, 9.17) is 0 Å². The van der Waals surface area contributed by atoms with Gasteiger partial charge in [0.05, 0.1) is 0 Å². The van der Waals surface area contributed by atoms with Gasteiger partial charge in [-0.3, -0.25) is 4.79 Å². The summed E-state index contributed by atoms with van der Waals surface area (Å²) >= 11 is 0. The number of hydrogen-bond acceptors (Lipinski definition) is 2. The first-order valence-corrected chi connectivity index (χ1v) is 6.41. The molecule has 2 nitrogen and oxygen atoms in total. The average Bonchev–Trinajstić information content (AvgIpc) is 2.48. The molecule has 0 radical (unpaired) electrons. The highest BCUT2D eigenvalue weighted by Crippen LogP contribution is 2.12. The Bertz CT molecular complexity index is 558. The summed E-state index contributed by atoms with van der Waals surface area (Å²) in [6, 6.07) is 19.2. The van der Waals surface area contributed by atoms with Crippen molar-refractivity contribution in [2.24, 2.45) is 0 Å². The fourth-order valence-electron chi connectivity index (χ4n) is 1.78. The minimum absolute atomic E-state index is 0.0286. The summed E-state index contributed by atoms with van der Waals surface area (Å²) in [6.45, 7) is 2.03. The Hall–Kier alpha value is -2.35. The summed E-state index contributed by atoms with van der Waals surface area (Å²) in [7, 11) is 0. The van der Waals surface area contributed by atoms with E-state index in [9.17, 15) is 4.79 Å². The third-order valence-electron chi connectivity index (χ3n) is 2.82. The maximum atomic E-state index is 12.1. The molecule has 1 N–H and O–H groups in total. The highest BCUT2D eigenvalue weighted by molar-refractivity contribution is 6.05. The molecule has 19 heavy (non-hydrogen) atoms. The van der Waals surface area contributed by atoms with Crippen molar-refractivity contribution in [1.82, 2.24) is 0 Å². The van der Waals surface area contributed by atoms with Gasteiger partial charge in [-0.15, -0.1) is 0 Å². The Kier molecular flexibility index (Phi) is 4.51. The lowest BCUT2D eigenvalue weighted by Gasteiger charge is -2.08. The van der Waals surface area contributed by atoms with E-state index < -0.39 is 0 Å². The minimum atomic E-state index is 0.0286. The molecule has 2 aromatic carbocycles. The van der Waals surface area contributed by atoms with Crippen LogP contribution in [0.4, 0.5) is 5.69 Å². The van der Waals surface area contributed by atoms with E-state index in [2.05, 4.69) is 5.32 Å². The van der Waals surface area contributed by atoms with Gasteiger partial charge in [-0.2, -0.15) is 0 Å². The number of carbonyl (C=O) groups excluding carboxylic acids is 1. The predicted molar refractivity (Wildman–Crippen MR) is 79.2 cm³/mol. The lowest BCUT2D eigenvalue weighted by Crippen LogP contribution is -2.03. The maximum Gasteiger partial charge on any atom is 0.187 e. The molecule has 0 heterocycles. The summed E-state index contributed by atoms with van der Waals surface area (Å²) in [5.41, 5.74) is 2.62. The van der Waals surface area contributed by atoms with Gasteiger partial charge in [0.2, 0.25) is 0 Å². The van der Waals surface area contributed by atoms with Crippen LogP contribution in [0.1, 0.15) is 23.7 Å². The van der Waals surface area contributed by atoms with E-state index in [0.29, 0.717) is 5.56 Å². The van der Waals surface area contributed by atoms with Crippen LogP contribution in [0.25, 0.3) is 0 Å². The summed E-state index contributed by atoms with van der Waals surface area (Å²) in [5, 5.41) is 3.27. The fraction of sp³-hybridized carbons (Fsp3) is 0.118. The average molecular weight is 251 g/mol. The van der Waals surface area contributed by atoms with Crippen LogP contribution in [0.3, 0.4) is 0 Å². The van der Waals surface area contributed by atoms with E-state index >= 15 is 0 Å². The molecule has 2 rings (SSSR count). The number of ketones is 1. The van der Waals surface area contributed by atoms with Crippen molar-refractivity contribution in [3.05, 3.63) is 78.0 Å². The number of anilines is 1. The first-order chi connectivity index (χ1) is 9.29. The molecule has 0 aliphatic rings. The molecule has 0 amide bonds. The quantitative estimate of drug-likeness (QED) is 0.635. The zero-order valence-corrected chi connectivity index (χ0v) is 11.0. The van der Waals surface area contributed by atoms with Gasteiger partial charge in [0, 0.05) is 23.0 Å². The third-order valence-corrected chi connectivity index (χ3v) is 2.82. The van der Waals surface area contributed by atoms with Gasteiger partial charge >= 0.3 is 0 Å². The van der Waals surface area contributed by atoms with Gasteiger partial charge < -0.3 is 5.32 Å². The molecule has 0 aliphatic carbocycles. The molecule has 0 bridgehead atoms. The third kappa shape index (κ3) is 3.81. The van der Waals surface area contributed by atoms with Gasteiger partial charge in [0.1, 0.15) is 0 Å². The first-order valence-electron chi connectivity index (χ1n) is 6.41. The highest BCUT2D eigenvalue weighted by Gasteiger charge is 2.03. The molecule has 0 atom stereocenters. The molecule has 0 aromatic heterocycles. The summed E-state index contributed by atoms with van der Waals surface area (Å²) in [4.78, 5) is 12.1. The molecule has 0 fully saturated rings. The van der Waals surface area contributed by atoms with E-state index in [1.807, 2.05) is 67.6 Å². The van der Waals surface area contributed by atoms with Crippen LogP contribution < -0.4 is 5.32 Å². The van der Waals surface area contributed by atoms with Gasteiger partial charge in [-0.25, -0.2) is 0 Å². The van der Waals surface area contributed by atoms with Crippen LogP contribution >= 0.6 is 0 Å². The number of benzene rings is 2. The Morgan fingerprint density at radius 3 is 2.16 bits per heavy atom. The van der Waals surface area contributed by atoms with E-state index in [1.54, 1.807) is 6.08 Å². The van der Waals surface area contributed by atoms with Crippen molar-refractivity contribution in [3.8, 4) is 0 Å². The second-order valence-electron chi connectivity index (χ2n) is 4.24. The van der Waals surface area contributed by atoms with Crippen molar-refractivity contribution in [2.45, 2.75) is 13.3 Å². The SMILES string of the molecule is CC/C(=C\C(=O)c1ccccc1)Nc1ccccc1. The van der Waals surface area contributed by atoms with E-state index in [1.165, 1.54) is 0 Å². The number of carbonyl (C=O) groups is 1. The van der Waals surface area contributed by atoms with Gasteiger partial charge in [-0.05, 0) is 18.6 Å². The fourth-order valence-corrected chi connectivity index (χ4v) is 1.78. The zero-order chi connectivity index (χ0) is 13.5. The number of hydrogen-bond donors (Lipinski definition) is 1. The summed E-state index contributed by atoms with van der Waals surface area (Å²) in [6.07, 6.45) is 2.45. The highest BCUT2D eigenvalue weighted by atomic mass is 16.1. The number of allylic oxidation sites excluding steroid dienone is 2. The van der Waals surface area contributed by atoms with Crippen LogP contribution in [0.5, 0.6) is 0 Å². The number of para-hydroxylation sites is 1. The van der Waals surface area contributed by atoms with Crippen molar-refractivity contribution in [1.29, 1.82) is 0 Å². The summed E-state index contributed by atoms with van der Waals surface area (Å²) < 4.78 is 0. The van der Waals surface area contributed by atoms with Crippen LogP contribution in [0.15, 0.2) is 72.4 Å². The Balaban J connectivity index is 2.13. The minimum Gasteiger partial charge on any atom is -0.359 e. The van der Waals surface area contributed by atoms with Crippen LogP contribution in [0.2, 0.25) is 0 Å². The molecule has 96 valence electrons. The molecular formula is C17H17NO. The predicted octanol–water partition coefficient (Wildman–Crippen LogP) is 4.28. The second-order valence-corrected chi connectivity index (χ2v) is 4.24. The molecule has 0 spiro atoms. The van der Waals surface area contributed by atoms with Crippen molar-refractivity contribution < 1.29 is 4.79 Å². The normalized spacial score (nSPS) is 11.1. The Morgan fingerprint density at radius 1 is 1.00 bits per heavy atom. The summed E-state index contributed by atoms with van der Waals surface area (Å²) in [5.74, 6) is 0.0286. The monoisotopic (exact) mass is 251 g/mol. The van der Waals surface area contributed by atoms with E-state index in [0.717, 1.165) is 17.8 Å². The largest absolute Gasteiger partial charge is 0.359 e.